The number of urea groups is 1. The molecule has 0 aliphatic rings. The predicted molar refractivity (Wildman–Crippen MR) is 69.2 cm³/mol. The number of nitrogens with one attached hydrogen (secondary N) is 2. The maximum absolute atomic E-state index is 9.48. The quantitative estimate of drug-likeness (QED) is 0.717. The highest BCUT2D eigenvalue weighted by molar-refractivity contribution is 5.71. The van der Waals surface area contributed by atoms with Crippen molar-refractivity contribution in [1.82, 2.24) is 10.6 Å². The summed E-state index contributed by atoms with van der Waals surface area (Å²) in [6.45, 7) is 4.96. The molecule has 0 atom stereocenters. The molecule has 0 saturated heterocycles. The highest BCUT2D eigenvalue weighted by atomic mass is 16.2. The van der Waals surface area contributed by atoms with Crippen LogP contribution in [0.4, 0.5) is 4.79 Å². The second-order valence-corrected chi connectivity index (χ2v) is 2.63. The molecule has 1 aromatic carbocycles. The summed E-state index contributed by atoms with van der Waals surface area (Å²) in [5.74, 6) is 0. The first-order chi connectivity index (χ1) is 7.70. The number of rotatable bonds is 2. The van der Waals surface area contributed by atoms with E-state index in [2.05, 4.69) is 28.5 Å². The molecule has 0 unspecified atom stereocenters. The molecule has 4 N–H and O–H groups in total. The number of hydrogen-bond donors (Lipinski definition) is 3. The van der Waals surface area contributed by atoms with Crippen LogP contribution in [0.25, 0.3) is 0 Å². The van der Waals surface area contributed by atoms with Crippen molar-refractivity contribution < 1.29 is 4.79 Å². The summed E-state index contributed by atoms with van der Waals surface area (Å²) in [6, 6.07) is 9.84. The first kappa shape index (κ1) is 16.9. The van der Waals surface area contributed by atoms with Crippen LogP contribution in [0.1, 0.15) is 19.4 Å². The van der Waals surface area contributed by atoms with Crippen LogP contribution in [0.5, 0.6) is 0 Å². The lowest BCUT2D eigenvalue weighted by Gasteiger charge is -1.95. The van der Waals surface area contributed by atoms with Crippen molar-refractivity contribution >= 4 is 6.03 Å². The van der Waals surface area contributed by atoms with Gasteiger partial charge in [-0.25, -0.2) is 4.79 Å². The molecular weight excluding hydrogens is 202 g/mol. The Labute approximate surface area is 98.2 Å². The lowest BCUT2D eigenvalue weighted by molar-refractivity contribution is 0.251. The van der Waals surface area contributed by atoms with E-state index in [-0.39, 0.29) is 0 Å². The van der Waals surface area contributed by atoms with Crippen molar-refractivity contribution in [2.24, 2.45) is 5.73 Å². The van der Waals surface area contributed by atoms with Crippen LogP contribution in [-0.2, 0) is 6.54 Å². The number of primary amides is 1. The molecule has 92 valence electrons. The SMILES string of the molecule is CC.CNC(N)=O.CNCc1ccccc1. The second kappa shape index (κ2) is 13.4. The van der Waals surface area contributed by atoms with Crippen LogP contribution in [-0.4, -0.2) is 20.1 Å². The van der Waals surface area contributed by atoms with Gasteiger partial charge in [0.05, 0.1) is 0 Å². The van der Waals surface area contributed by atoms with Crippen LogP contribution in [0, 0.1) is 0 Å². The number of hydrogen-bond acceptors (Lipinski definition) is 2. The van der Waals surface area contributed by atoms with Crippen molar-refractivity contribution in [1.29, 1.82) is 0 Å². The standard InChI is InChI=1S/C8H11N.C2H6N2O.C2H6/c1-9-7-8-5-3-2-4-6-8;1-4-2(3)5;1-2/h2-6,9H,7H2,1H3;1H3,(H3,3,4,5);1-2H3. The molecule has 2 amide bonds. The minimum absolute atomic E-state index is 0.495. The molecule has 0 aliphatic carbocycles. The van der Waals surface area contributed by atoms with Crippen molar-refractivity contribution in [3.63, 3.8) is 0 Å². The smallest absolute Gasteiger partial charge is 0.311 e. The third-order valence-electron chi connectivity index (χ3n) is 1.47. The van der Waals surface area contributed by atoms with Gasteiger partial charge in [-0.3, -0.25) is 0 Å². The minimum Gasteiger partial charge on any atom is -0.352 e. The molecule has 1 rings (SSSR count). The third-order valence-corrected chi connectivity index (χ3v) is 1.47. The van der Waals surface area contributed by atoms with E-state index in [4.69, 9.17) is 0 Å². The monoisotopic (exact) mass is 225 g/mol. The van der Waals surface area contributed by atoms with E-state index in [0.29, 0.717) is 0 Å². The van der Waals surface area contributed by atoms with Gasteiger partial charge in [0.25, 0.3) is 0 Å². The van der Waals surface area contributed by atoms with E-state index < -0.39 is 6.03 Å². The summed E-state index contributed by atoms with van der Waals surface area (Å²) >= 11 is 0. The first-order valence-electron chi connectivity index (χ1n) is 5.36. The van der Waals surface area contributed by atoms with Crippen molar-refractivity contribution in [2.45, 2.75) is 20.4 Å². The Bertz CT molecular complexity index is 250. The second-order valence-electron chi connectivity index (χ2n) is 2.63. The van der Waals surface area contributed by atoms with Crippen LogP contribution in [0.3, 0.4) is 0 Å². The van der Waals surface area contributed by atoms with Crippen LogP contribution in [0.2, 0.25) is 0 Å². The Morgan fingerprint density at radius 2 is 1.62 bits per heavy atom. The van der Waals surface area contributed by atoms with E-state index in [1.54, 1.807) is 0 Å². The van der Waals surface area contributed by atoms with E-state index >= 15 is 0 Å². The van der Waals surface area contributed by atoms with Gasteiger partial charge in [0.15, 0.2) is 0 Å². The molecule has 0 radical (unpaired) electrons. The summed E-state index contributed by atoms with van der Waals surface area (Å²) in [4.78, 5) is 9.48. The van der Waals surface area contributed by atoms with Gasteiger partial charge in [0, 0.05) is 13.6 Å². The van der Waals surface area contributed by atoms with Gasteiger partial charge in [-0.15, -0.1) is 0 Å². The molecule has 0 spiro atoms. The molecule has 0 aliphatic heterocycles. The predicted octanol–water partition coefficient (Wildman–Crippen LogP) is 1.72. The van der Waals surface area contributed by atoms with Crippen molar-refractivity contribution in [2.75, 3.05) is 14.1 Å². The largest absolute Gasteiger partial charge is 0.352 e. The van der Waals surface area contributed by atoms with E-state index in [1.165, 1.54) is 12.6 Å². The first-order valence-corrected chi connectivity index (χ1v) is 5.36. The van der Waals surface area contributed by atoms with Gasteiger partial charge in [-0.05, 0) is 12.6 Å². The number of carbonyl (C=O) groups excluding carboxylic acids is 1. The Morgan fingerprint density at radius 1 is 1.19 bits per heavy atom. The maximum atomic E-state index is 9.48. The van der Waals surface area contributed by atoms with Crippen molar-refractivity contribution in [3.05, 3.63) is 35.9 Å². The Balaban J connectivity index is 0. The fraction of sp³-hybridized carbons (Fsp3) is 0.417. The number of nitrogens with two attached hydrogens (primary N) is 1. The van der Waals surface area contributed by atoms with E-state index in [9.17, 15) is 4.79 Å². The number of carbonyl (C=O) groups is 1. The normalized spacial score (nSPS) is 7.75. The minimum atomic E-state index is -0.495. The van der Waals surface area contributed by atoms with Gasteiger partial charge >= 0.3 is 6.03 Å². The average molecular weight is 225 g/mol. The molecule has 0 fully saturated rings. The topological polar surface area (TPSA) is 67.1 Å². The highest BCUT2D eigenvalue weighted by Gasteiger charge is 1.83. The molecule has 1 aromatic rings. The zero-order valence-electron chi connectivity index (χ0n) is 10.6. The number of benzene rings is 1. The molecule has 0 bridgehead atoms. The zero-order chi connectivity index (χ0) is 12.8. The Hall–Kier alpha value is -1.55. The van der Waals surface area contributed by atoms with E-state index in [1.807, 2.05) is 39.1 Å². The highest BCUT2D eigenvalue weighted by Crippen LogP contribution is 1.95. The van der Waals surface area contributed by atoms with Gasteiger partial charge in [0.1, 0.15) is 0 Å². The van der Waals surface area contributed by atoms with Gasteiger partial charge in [-0.2, -0.15) is 0 Å². The van der Waals surface area contributed by atoms with Gasteiger partial charge < -0.3 is 16.4 Å². The summed E-state index contributed by atoms with van der Waals surface area (Å²) < 4.78 is 0. The van der Waals surface area contributed by atoms with Gasteiger partial charge in [0.2, 0.25) is 0 Å². The summed E-state index contributed by atoms with van der Waals surface area (Å²) in [5.41, 5.74) is 5.88. The molecule has 0 aromatic heterocycles. The lowest BCUT2D eigenvalue weighted by atomic mass is 10.2. The Morgan fingerprint density at radius 3 is 1.94 bits per heavy atom. The van der Waals surface area contributed by atoms with Crippen LogP contribution < -0.4 is 16.4 Å². The molecule has 16 heavy (non-hydrogen) atoms. The third kappa shape index (κ3) is 12.4. The molecule has 4 nitrogen and oxygen atoms in total. The van der Waals surface area contributed by atoms with Crippen LogP contribution in [0.15, 0.2) is 30.3 Å². The van der Waals surface area contributed by atoms with Crippen molar-refractivity contribution in [3.8, 4) is 0 Å². The van der Waals surface area contributed by atoms with E-state index in [0.717, 1.165) is 6.54 Å². The fourth-order valence-corrected chi connectivity index (χ4v) is 0.800. The molecule has 0 heterocycles. The average Bonchev–Trinajstić information content (AvgIpc) is 2.34. The summed E-state index contributed by atoms with van der Waals surface area (Å²) in [5, 5.41) is 5.25. The number of amides is 2. The summed E-state index contributed by atoms with van der Waals surface area (Å²) in [7, 11) is 3.43. The van der Waals surface area contributed by atoms with Crippen LogP contribution >= 0.6 is 0 Å². The lowest BCUT2D eigenvalue weighted by Crippen LogP contribution is -2.24. The van der Waals surface area contributed by atoms with Gasteiger partial charge in [-0.1, -0.05) is 44.2 Å². The molecular formula is C12H23N3O. The molecule has 0 saturated carbocycles. The Kier molecular flexibility index (Phi) is 14.2. The molecule has 4 heteroatoms. The zero-order valence-corrected chi connectivity index (χ0v) is 10.6. The maximum Gasteiger partial charge on any atom is 0.311 e. The summed E-state index contributed by atoms with van der Waals surface area (Å²) in [6.07, 6.45) is 0. The fourth-order valence-electron chi connectivity index (χ4n) is 0.800.